The van der Waals surface area contributed by atoms with Crippen LogP contribution in [0.5, 0.6) is 5.75 Å². The summed E-state index contributed by atoms with van der Waals surface area (Å²) in [5.74, 6) is 2.39. The van der Waals surface area contributed by atoms with Crippen LogP contribution in [0.15, 0.2) is 48.5 Å². The Balaban J connectivity index is 1.15. The Hall–Kier alpha value is -2.35. The monoisotopic (exact) mass is 429 g/mol. The summed E-state index contributed by atoms with van der Waals surface area (Å²) in [6.45, 7) is 5.26. The molecule has 0 spiro atoms. The molecule has 2 aromatic rings. The fourth-order valence-corrected chi connectivity index (χ4v) is 6.57. The second kappa shape index (κ2) is 9.65. The van der Waals surface area contributed by atoms with Crippen molar-refractivity contribution in [2.24, 2.45) is 11.8 Å². The summed E-state index contributed by atoms with van der Waals surface area (Å²) in [5.41, 5.74) is 4.02. The molecule has 32 heavy (non-hydrogen) atoms. The molecule has 2 heterocycles. The van der Waals surface area contributed by atoms with Crippen LogP contribution < -0.4 is 10.1 Å². The van der Waals surface area contributed by atoms with Crippen LogP contribution >= 0.6 is 0 Å². The molecule has 2 aromatic carbocycles. The second-order valence-electron chi connectivity index (χ2n) is 9.82. The molecule has 1 N–H and O–H groups in total. The van der Waals surface area contributed by atoms with Gasteiger partial charge in [0.25, 0.3) is 0 Å². The average molecular weight is 430 g/mol. The first kappa shape index (κ1) is 21.5. The number of ether oxygens (including phenoxy) is 1. The Labute approximate surface area is 192 Å². The molecule has 1 aliphatic carbocycles. The predicted octanol–water partition coefficient (Wildman–Crippen LogP) is 5.23. The van der Waals surface area contributed by atoms with Gasteiger partial charge < -0.3 is 15.0 Å². The van der Waals surface area contributed by atoms with Gasteiger partial charge in [0.1, 0.15) is 5.75 Å². The van der Waals surface area contributed by atoms with Crippen LogP contribution in [0.1, 0.15) is 61.6 Å². The molecule has 1 saturated carbocycles. The van der Waals surface area contributed by atoms with Gasteiger partial charge in [0.2, 0.25) is 0 Å². The number of rotatable bonds is 7. The molecule has 0 radical (unpaired) electrons. The van der Waals surface area contributed by atoms with E-state index in [1.54, 1.807) is 5.56 Å². The van der Waals surface area contributed by atoms with Crippen LogP contribution in [0, 0.1) is 23.2 Å². The summed E-state index contributed by atoms with van der Waals surface area (Å²) < 4.78 is 5.88. The maximum atomic E-state index is 8.90. The molecule has 0 aromatic heterocycles. The third kappa shape index (κ3) is 4.17. The Bertz CT molecular complexity index is 936. The summed E-state index contributed by atoms with van der Waals surface area (Å²) in [7, 11) is 0. The second-order valence-corrected chi connectivity index (χ2v) is 9.82. The van der Waals surface area contributed by atoms with E-state index < -0.39 is 0 Å². The van der Waals surface area contributed by atoms with Crippen molar-refractivity contribution in [3.05, 3.63) is 65.2 Å². The van der Waals surface area contributed by atoms with Gasteiger partial charge in [0.15, 0.2) is 0 Å². The normalized spacial score (nSPS) is 24.3. The third-order valence-electron chi connectivity index (χ3n) is 8.14. The molecule has 5 rings (SSSR count). The van der Waals surface area contributed by atoms with E-state index in [0.29, 0.717) is 5.56 Å². The largest absolute Gasteiger partial charge is 0.494 e. The number of likely N-dealkylation sites (tertiary alicyclic amines) is 1. The van der Waals surface area contributed by atoms with Gasteiger partial charge in [-0.2, -0.15) is 5.26 Å². The van der Waals surface area contributed by atoms with Crippen LogP contribution in [0.3, 0.4) is 0 Å². The predicted molar refractivity (Wildman–Crippen MR) is 127 cm³/mol. The van der Waals surface area contributed by atoms with Crippen molar-refractivity contribution in [2.45, 2.75) is 57.0 Å². The topological polar surface area (TPSA) is 48.3 Å². The van der Waals surface area contributed by atoms with Crippen molar-refractivity contribution in [2.75, 3.05) is 26.2 Å². The maximum absolute atomic E-state index is 8.90. The van der Waals surface area contributed by atoms with E-state index in [-0.39, 0.29) is 5.54 Å². The minimum atomic E-state index is 0.206. The first-order valence-corrected chi connectivity index (χ1v) is 12.5. The summed E-state index contributed by atoms with van der Waals surface area (Å²) in [6.07, 6.45) is 9.17. The van der Waals surface area contributed by atoms with Gasteiger partial charge in [-0.05, 0) is 92.4 Å². The molecule has 4 nitrogen and oxygen atoms in total. The SMILES string of the molecule is N#Cc1ccc(OCCCN2CCC(C3(C4CCCC4)NCc4ccccc43)CC2)cc1. The number of hydrogen-bond acceptors (Lipinski definition) is 4. The zero-order valence-electron chi connectivity index (χ0n) is 19.1. The van der Waals surface area contributed by atoms with Gasteiger partial charge in [-0.1, -0.05) is 37.1 Å². The van der Waals surface area contributed by atoms with Crippen molar-refractivity contribution in [1.29, 1.82) is 5.26 Å². The highest BCUT2D eigenvalue weighted by Crippen LogP contribution is 2.51. The van der Waals surface area contributed by atoms with E-state index in [9.17, 15) is 0 Å². The van der Waals surface area contributed by atoms with Crippen LogP contribution in [-0.2, 0) is 12.1 Å². The highest BCUT2D eigenvalue weighted by molar-refractivity contribution is 5.40. The number of nitrogens with zero attached hydrogens (tertiary/aromatic N) is 2. The van der Waals surface area contributed by atoms with Crippen molar-refractivity contribution in [3.8, 4) is 11.8 Å². The first-order valence-electron chi connectivity index (χ1n) is 12.5. The molecule has 3 aliphatic rings. The number of nitriles is 1. The minimum absolute atomic E-state index is 0.206. The van der Waals surface area contributed by atoms with E-state index in [2.05, 4.69) is 40.6 Å². The van der Waals surface area contributed by atoms with Gasteiger partial charge >= 0.3 is 0 Å². The minimum Gasteiger partial charge on any atom is -0.494 e. The number of piperidine rings is 1. The molecule has 4 heteroatoms. The molecule has 2 fully saturated rings. The van der Waals surface area contributed by atoms with Crippen molar-refractivity contribution in [1.82, 2.24) is 10.2 Å². The number of hydrogen-bond donors (Lipinski definition) is 1. The van der Waals surface area contributed by atoms with Gasteiger partial charge in [-0.25, -0.2) is 0 Å². The standard InChI is InChI=1S/C28H35N3O/c29-20-22-10-12-26(13-11-22)32-19-5-16-31-17-14-25(15-18-31)28(24-7-2-3-8-24)27-9-4-1-6-23(27)21-30-28/h1,4,6,9-13,24-25,30H,2-3,5,7-8,14-19,21H2. The Morgan fingerprint density at radius 2 is 1.69 bits per heavy atom. The molecule has 2 aliphatic heterocycles. The van der Waals surface area contributed by atoms with Gasteiger partial charge in [0.05, 0.1) is 18.2 Å². The quantitative estimate of drug-likeness (QED) is 0.613. The van der Waals surface area contributed by atoms with Crippen molar-refractivity contribution >= 4 is 0 Å². The molecule has 168 valence electrons. The summed E-state index contributed by atoms with van der Waals surface area (Å²) >= 11 is 0. The molecular formula is C28H35N3O. The van der Waals surface area contributed by atoms with Gasteiger partial charge in [-0.15, -0.1) is 0 Å². The van der Waals surface area contributed by atoms with Gasteiger partial charge in [-0.3, -0.25) is 0 Å². The fraction of sp³-hybridized carbons (Fsp3) is 0.536. The Morgan fingerprint density at radius 3 is 2.44 bits per heavy atom. The lowest BCUT2D eigenvalue weighted by atomic mass is 9.66. The molecule has 1 unspecified atom stereocenters. The zero-order valence-corrected chi connectivity index (χ0v) is 19.1. The first-order chi connectivity index (χ1) is 15.8. The summed E-state index contributed by atoms with van der Waals surface area (Å²) in [5, 5.41) is 13.0. The molecule has 0 bridgehead atoms. The average Bonchev–Trinajstić information content (AvgIpc) is 3.52. The summed E-state index contributed by atoms with van der Waals surface area (Å²) in [4.78, 5) is 2.63. The lowest BCUT2D eigenvalue weighted by Gasteiger charge is -2.47. The number of fused-ring (bicyclic) bond motifs is 1. The Morgan fingerprint density at radius 1 is 0.969 bits per heavy atom. The molecule has 1 saturated heterocycles. The molecular weight excluding hydrogens is 394 g/mol. The number of benzene rings is 2. The zero-order chi connectivity index (χ0) is 21.8. The summed E-state index contributed by atoms with van der Waals surface area (Å²) in [6, 6.07) is 18.8. The lowest BCUT2D eigenvalue weighted by molar-refractivity contribution is 0.0666. The van der Waals surface area contributed by atoms with Crippen LogP contribution in [0.2, 0.25) is 0 Å². The van der Waals surface area contributed by atoms with E-state index >= 15 is 0 Å². The van der Waals surface area contributed by atoms with Crippen LogP contribution in [0.25, 0.3) is 0 Å². The van der Waals surface area contributed by atoms with Crippen LogP contribution in [-0.4, -0.2) is 31.1 Å². The fourth-order valence-electron chi connectivity index (χ4n) is 6.57. The van der Waals surface area contributed by atoms with E-state index in [1.807, 2.05) is 24.3 Å². The van der Waals surface area contributed by atoms with E-state index in [1.165, 1.54) is 57.2 Å². The molecule has 1 atom stereocenters. The number of nitrogens with one attached hydrogen (secondary N) is 1. The lowest BCUT2D eigenvalue weighted by Crippen LogP contribution is -2.53. The maximum Gasteiger partial charge on any atom is 0.119 e. The van der Waals surface area contributed by atoms with Crippen molar-refractivity contribution in [3.63, 3.8) is 0 Å². The molecule has 0 amide bonds. The van der Waals surface area contributed by atoms with Crippen molar-refractivity contribution < 1.29 is 4.74 Å². The third-order valence-corrected chi connectivity index (χ3v) is 8.14. The van der Waals surface area contributed by atoms with Gasteiger partial charge in [0, 0.05) is 18.6 Å². The van der Waals surface area contributed by atoms with Crippen LogP contribution in [0.4, 0.5) is 0 Å². The smallest absolute Gasteiger partial charge is 0.119 e. The Kier molecular flexibility index (Phi) is 6.48. The highest BCUT2D eigenvalue weighted by atomic mass is 16.5. The van der Waals surface area contributed by atoms with E-state index in [0.717, 1.165) is 43.7 Å². The van der Waals surface area contributed by atoms with E-state index in [4.69, 9.17) is 10.00 Å². The highest BCUT2D eigenvalue weighted by Gasteiger charge is 2.50.